The van der Waals surface area contributed by atoms with Crippen molar-refractivity contribution in [2.45, 2.75) is 31.7 Å². The van der Waals surface area contributed by atoms with E-state index >= 15 is 0 Å². The first-order valence-corrected chi connectivity index (χ1v) is 11.8. The smallest absolute Gasteiger partial charge is 0.321 e. The van der Waals surface area contributed by atoms with E-state index in [1.54, 1.807) is 11.9 Å². The Bertz CT molecular complexity index is 885. The second-order valence-electron chi connectivity index (χ2n) is 8.26. The average molecular weight is 421 g/mol. The van der Waals surface area contributed by atoms with E-state index in [1.807, 2.05) is 35.2 Å². The number of rotatable bonds is 2. The highest BCUT2D eigenvalue weighted by Gasteiger charge is 2.58. The van der Waals surface area contributed by atoms with Crippen LogP contribution in [0, 0.1) is 5.41 Å². The van der Waals surface area contributed by atoms with Crippen molar-refractivity contribution in [2.75, 3.05) is 44.3 Å². The summed E-state index contributed by atoms with van der Waals surface area (Å²) in [4.78, 5) is 30.0. The van der Waals surface area contributed by atoms with Crippen molar-refractivity contribution in [2.24, 2.45) is 5.41 Å². The van der Waals surface area contributed by atoms with Gasteiger partial charge >= 0.3 is 6.03 Å². The number of benzene rings is 1. The molecule has 1 aromatic rings. The van der Waals surface area contributed by atoms with Crippen LogP contribution in [-0.2, 0) is 14.8 Å². The lowest BCUT2D eigenvalue weighted by Crippen LogP contribution is -2.68. The predicted octanol–water partition coefficient (Wildman–Crippen LogP) is 1.57. The van der Waals surface area contributed by atoms with Gasteiger partial charge in [-0.05, 0) is 37.8 Å². The maximum atomic E-state index is 13.6. The Labute approximate surface area is 171 Å². The van der Waals surface area contributed by atoms with Crippen LogP contribution >= 0.6 is 0 Å². The summed E-state index contributed by atoms with van der Waals surface area (Å²) in [6.07, 6.45) is 2.66. The molecule has 158 valence electrons. The fourth-order valence-corrected chi connectivity index (χ4v) is 6.56. The maximum absolute atomic E-state index is 13.6. The minimum absolute atomic E-state index is 0.000962. The van der Waals surface area contributed by atoms with E-state index in [9.17, 15) is 18.0 Å². The lowest BCUT2D eigenvalue weighted by molar-refractivity contribution is -0.148. The molecule has 3 saturated heterocycles. The molecule has 29 heavy (non-hydrogen) atoms. The third-order valence-corrected chi connectivity index (χ3v) is 8.45. The molecule has 0 spiro atoms. The van der Waals surface area contributed by atoms with Gasteiger partial charge in [0.2, 0.25) is 15.9 Å². The number of anilines is 1. The molecule has 9 heteroatoms. The number of likely N-dealkylation sites (tertiary alicyclic amines) is 2. The van der Waals surface area contributed by atoms with Gasteiger partial charge in [0, 0.05) is 45.0 Å². The van der Waals surface area contributed by atoms with Crippen LogP contribution in [0.4, 0.5) is 10.5 Å². The Hall–Kier alpha value is -2.13. The lowest BCUT2D eigenvalue weighted by Gasteiger charge is -2.53. The standard InChI is InChI=1S/C20H28N4O4S/c1-22-17-9-13-24(19(26)21-16-7-3-2-4-8-16)15-20(17,10-14-29(22,27)28)18(25)23-11-5-6-12-23/h2-4,7-8,17H,5-6,9-15H2,1H3,(H,21,26)/t17-,20+/m1/s1. The molecular formula is C20H28N4O4S. The van der Waals surface area contributed by atoms with Gasteiger partial charge in [0.15, 0.2) is 0 Å². The molecule has 0 unspecified atom stereocenters. The number of sulfonamides is 1. The Morgan fingerprint density at radius 2 is 1.76 bits per heavy atom. The second-order valence-corrected chi connectivity index (χ2v) is 10.4. The van der Waals surface area contributed by atoms with Gasteiger partial charge in [0.05, 0.1) is 11.2 Å². The SMILES string of the molecule is CN1[C@@H]2CCN(C(=O)Nc3ccccc3)C[C@@]2(C(=O)N2CCCC2)CCS1(=O)=O. The van der Waals surface area contributed by atoms with Crippen molar-refractivity contribution in [3.05, 3.63) is 30.3 Å². The molecule has 3 fully saturated rings. The molecule has 3 heterocycles. The number of amides is 3. The summed E-state index contributed by atoms with van der Waals surface area (Å²) in [7, 11) is -1.80. The largest absolute Gasteiger partial charge is 0.342 e. The minimum atomic E-state index is -3.37. The van der Waals surface area contributed by atoms with E-state index in [0.717, 1.165) is 12.8 Å². The summed E-state index contributed by atoms with van der Waals surface area (Å²) in [6, 6.07) is 8.55. The molecule has 3 aliphatic heterocycles. The molecule has 8 nitrogen and oxygen atoms in total. The van der Waals surface area contributed by atoms with Crippen molar-refractivity contribution >= 4 is 27.6 Å². The van der Waals surface area contributed by atoms with E-state index in [1.165, 1.54) is 4.31 Å². The highest BCUT2D eigenvalue weighted by molar-refractivity contribution is 7.89. The van der Waals surface area contributed by atoms with E-state index in [4.69, 9.17) is 0 Å². The van der Waals surface area contributed by atoms with Crippen LogP contribution < -0.4 is 5.32 Å². The molecule has 3 aliphatic rings. The Balaban J connectivity index is 1.61. The number of fused-ring (bicyclic) bond motifs is 1. The summed E-state index contributed by atoms with van der Waals surface area (Å²) in [5.41, 5.74) is -0.181. The zero-order valence-corrected chi connectivity index (χ0v) is 17.5. The van der Waals surface area contributed by atoms with Gasteiger partial charge in [-0.1, -0.05) is 18.2 Å². The average Bonchev–Trinajstić information content (AvgIpc) is 3.26. The van der Waals surface area contributed by atoms with Gasteiger partial charge in [-0.25, -0.2) is 17.5 Å². The van der Waals surface area contributed by atoms with Crippen LogP contribution in [0.15, 0.2) is 30.3 Å². The molecule has 3 amide bonds. The number of piperidine rings is 1. The fourth-order valence-electron chi connectivity index (χ4n) is 4.95. The Morgan fingerprint density at radius 3 is 2.45 bits per heavy atom. The second kappa shape index (κ2) is 7.60. The van der Waals surface area contributed by atoms with E-state index in [2.05, 4.69) is 5.32 Å². The molecule has 0 bridgehead atoms. The third-order valence-electron chi connectivity index (χ3n) is 6.60. The van der Waals surface area contributed by atoms with Gasteiger partial charge in [0.1, 0.15) is 0 Å². The molecule has 1 N–H and O–H groups in total. The number of carbonyl (C=O) groups is 2. The number of hydrogen-bond donors (Lipinski definition) is 1. The number of nitrogens with one attached hydrogen (secondary N) is 1. The number of para-hydroxylation sites is 1. The molecule has 2 atom stereocenters. The number of hydrogen-bond acceptors (Lipinski definition) is 4. The van der Waals surface area contributed by atoms with Crippen LogP contribution in [0.3, 0.4) is 0 Å². The van der Waals surface area contributed by atoms with Crippen LogP contribution in [0.5, 0.6) is 0 Å². The van der Waals surface area contributed by atoms with E-state index < -0.39 is 21.5 Å². The summed E-state index contributed by atoms with van der Waals surface area (Å²) in [5, 5.41) is 2.89. The predicted molar refractivity (Wildman–Crippen MR) is 110 cm³/mol. The lowest BCUT2D eigenvalue weighted by atomic mass is 9.72. The number of carbonyl (C=O) groups excluding carboxylic acids is 2. The molecule has 0 aromatic heterocycles. The van der Waals surface area contributed by atoms with E-state index in [0.29, 0.717) is 31.7 Å². The zero-order valence-electron chi connectivity index (χ0n) is 16.7. The van der Waals surface area contributed by atoms with Crippen LogP contribution in [0.25, 0.3) is 0 Å². The van der Waals surface area contributed by atoms with Crippen molar-refractivity contribution in [1.82, 2.24) is 14.1 Å². The first-order valence-electron chi connectivity index (χ1n) is 10.2. The normalized spacial score (nSPS) is 29.3. The maximum Gasteiger partial charge on any atom is 0.321 e. The first kappa shape index (κ1) is 20.2. The van der Waals surface area contributed by atoms with Crippen molar-refractivity contribution in [3.8, 4) is 0 Å². The summed E-state index contributed by atoms with van der Waals surface area (Å²) >= 11 is 0. The minimum Gasteiger partial charge on any atom is -0.342 e. The third kappa shape index (κ3) is 3.61. The van der Waals surface area contributed by atoms with Gasteiger partial charge in [-0.3, -0.25) is 4.79 Å². The topological polar surface area (TPSA) is 90.0 Å². The van der Waals surface area contributed by atoms with Crippen LogP contribution in [-0.4, -0.2) is 79.5 Å². The summed E-state index contributed by atoms with van der Waals surface area (Å²) in [6.45, 7) is 2.07. The quantitative estimate of drug-likeness (QED) is 0.786. The monoisotopic (exact) mass is 420 g/mol. The molecule has 0 radical (unpaired) electrons. The van der Waals surface area contributed by atoms with Gasteiger partial charge in [-0.15, -0.1) is 0 Å². The Kier molecular flexibility index (Phi) is 5.29. The van der Waals surface area contributed by atoms with Gasteiger partial charge in [0.25, 0.3) is 0 Å². The number of nitrogens with zero attached hydrogens (tertiary/aromatic N) is 3. The first-order chi connectivity index (χ1) is 13.8. The summed E-state index contributed by atoms with van der Waals surface area (Å²) in [5.74, 6) is -0.0627. The highest BCUT2D eigenvalue weighted by atomic mass is 32.2. The van der Waals surface area contributed by atoms with Crippen molar-refractivity contribution in [1.29, 1.82) is 0 Å². The molecule has 0 aliphatic carbocycles. The highest BCUT2D eigenvalue weighted by Crippen LogP contribution is 2.43. The molecule has 0 saturated carbocycles. The summed E-state index contributed by atoms with van der Waals surface area (Å²) < 4.78 is 26.4. The molecule has 1 aromatic carbocycles. The zero-order chi connectivity index (χ0) is 20.6. The van der Waals surface area contributed by atoms with Gasteiger partial charge < -0.3 is 15.1 Å². The van der Waals surface area contributed by atoms with Gasteiger partial charge in [-0.2, -0.15) is 0 Å². The van der Waals surface area contributed by atoms with Crippen molar-refractivity contribution in [3.63, 3.8) is 0 Å². The molecular weight excluding hydrogens is 392 g/mol. The fraction of sp³-hybridized carbons (Fsp3) is 0.600. The van der Waals surface area contributed by atoms with Crippen LogP contribution in [0.2, 0.25) is 0 Å². The Morgan fingerprint density at radius 1 is 1.07 bits per heavy atom. The number of urea groups is 1. The van der Waals surface area contributed by atoms with E-state index in [-0.39, 0.29) is 30.7 Å². The molecule has 4 rings (SSSR count). The van der Waals surface area contributed by atoms with Crippen molar-refractivity contribution < 1.29 is 18.0 Å². The van der Waals surface area contributed by atoms with Crippen LogP contribution in [0.1, 0.15) is 25.7 Å².